The summed E-state index contributed by atoms with van der Waals surface area (Å²) >= 11 is 23.4. The summed E-state index contributed by atoms with van der Waals surface area (Å²) in [4.78, 5) is 23.1. The number of hydrogen-bond acceptors (Lipinski definition) is 4. The number of ether oxygens (including phenoxy) is 2. The van der Waals surface area contributed by atoms with Gasteiger partial charge in [-0.15, -0.1) is 0 Å². The van der Waals surface area contributed by atoms with Crippen molar-refractivity contribution in [1.82, 2.24) is 0 Å². The Kier molecular flexibility index (Phi) is 8.77. The van der Waals surface area contributed by atoms with E-state index in [9.17, 15) is 9.59 Å². The number of benzene rings is 1. The van der Waals surface area contributed by atoms with Crippen LogP contribution in [0.2, 0.25) is 20.1 Å². The van der Waals surface area contributed by atoms with Crippen molar-refractivity contribution in [3.05, 3.63) is 38.3 Å². The number of hydrogen-bond donors (Lipinski definition) is 0. The molecule has 0 saturated carbocycles. The molecule has 0 aliphatic carbocycles. The van der Waals surface area contributed by atoms with Gasteiger partial charge in [-0.2, -0.15) is 0 Å². The molecule has 0 aromatic heterocycles. The van der Waals surface area contributed by atoms with Gasteiger partial charge in [0.1, 0.15) is 5.02 Å². The highest BCUT2D eigenvalue weighted by Crippen LogP contribution is 2.42. The van der Waals surface area contributed by atoms with Crippen LogP contribution in [0.15, 0.2) is 18.2 Å². The molecule has 0 unspecified atom stereocenters. The highest BCUT2D eigenvalue weighted by molar-refractivity contribution is 6.50. The van der Waals surface area contributed by atoms with Crippen molar-refractivity contribution >= 4 is 58.3 Å². The zero-order valence-corrected chi connectivity index (χ0v) is 15.2. The van der Waals surface area contributed by atoms with Crippen molar-refractivity contribution in [3.8, 4) is 5.75 Å². The lowest BCUT2D eigenvalue weighted by Crippen LogP contribution is -2.08. The Morgan fingerprint density at radius 1 is 1.00 bits per heavy atom. The van der Waals surface area contributed by atoms with Gasteiger partial charge in [0.2, 0.25) is 0 Å². The molecule has 0 radical (unpaired) electrons. The monoisotopic (exact) mass is 398 g/mol. The summed E-state index contributed by atoms with van der Waals surface area (Å²) in [5.74, 6) is -1.62. The number of rotatable bonds is 7. The maximum absolute atomic E-state index is 11.7. The molecule has 0 heterocycles. The first-order chi connectivity index (χ1) is 10.9. The van der Waals surface area contributed by atoms with E-state index in [0.29, 0.717) is 6.61 Å². The largest absolute Gasteiger partial charge is 0.463 e. The van der Waals surface area contributed by atoms with Gasteiger partial charge in [0.15, 0.2) is 5.75 Å². The fourth-order valence-electron chi connectivity index (χ4n) is 1.49. The van der Waals surface area contributed by atoms with E-state index in [0.717, 1.165) is 31.4 Å². The van der Waals surface area contributed by atoms with Gasteiger partial charge in [-0.25, -0.2) is 9.59 Å². The van der Waals surface area contributed by atoms with E-state index < -0.39 is 11.9 Å². The number of esters is 2. The zero-order valence-electron chi connectivity index (χ0n) is 12.2. The number of unbranched alkanes of at least 4 members (excludes halogenated alkanes) is 2. The van der Waals surface area contributed by atoms with Crippen LogP contribution in [-0.2, 0) is 14.3 Å². The molecule has 0 saturated heterocycles. The Morgan fingerprint density at radius 3 is 2.30 bits per heavy atom. The van der Waals surface area contributed by atoms with E-state index in [1.165, 1.54) is 6.07 Å². The second-order valence-corrected chi connectivity index (χ2v) is 6.00. The molecule has 0 bridgehead atoms. The van der Waals surface area contributed by atoms with Crippen molar-refractivity contribution < 1.29 is 19.1 Å². The molecule has 4 nitrogen and oxygen atoms in total. The summed E-state index contributed by atoms with van der Waals surface area (Å²) in [5.41, 5.74) is 0. The minimum Gasteiger partial charge on any atom is -0.463 e. The normalized spacial score (nSPS) is 10.8. The maximum atomic E-state index is 11.7. The lowest BCUT2D eigenvalue weighted by atomic mass is 10.3. The first kappa shape index (κ1) is 20.1. The Balaban J connectivity index is 2.62. The van der Waals surface area contributed by atoms with Crippen LogP contribution in [0.3, 0.4) is 0 Å². The number of halogens is 4. The maximum Gasteiger partial charge on any atom is 0.336 e. The van der Waals surface area contributed by atoms with E-state index in [4.69, 9.17) is 55.9 Å². The van der Waals surface area contributed by atoms with Gasteiger partial charge < -0.3 is 9.47 Å². The van der Waals surface area contributed by atoms with Gasteiger partial charge in [-0.3, -0.25) is 0 Å². The summed E-state index contributed by atoms with van der Waals surface area (Å²) in [6.45, 7) is 2.34. The van der Waals surface area contributed by atoms with Crippen LogP contribution in [-0.4, -0.2) is 18.5 Å². The molecule has 0 aliphatic heterocycles. The Labute approximate surface area is 154 Å². The highest BCUT2D eigenvalue weighted by Gasteiger charge is 2.17. The molecular weight excluding hydrogens is 386 g/mol. The fourth-order valence-corrected chi connectivity index (χ4v) is 2.47. The van der Waals surface area contributed by atoms with Crippen molar-refractivity contribution in [1.29, 1.82) is 0 Å². The molecule has 23 heavy (non-hydrogen) atoms. The summed E-state index contributed by atoms with van der Waals surface area (Å²) in [5, 5.41) is 0.0777. The first-order valence-electron chi connectivity index (χ1n) is 6.76. The van der Waals surface area contributed by atoms with Crippen molar-refractivity contribution in [2.24, 2.45) is 0 Å². The van der Waals surface area contributed by atoms with E-state index in [1.807, 2.05) is 6.92 Å². The predicted octanol–water partition coefficient (Wildman–Crippen LogP) is 5.50. The average molecular weight is 400 g/mol. The summed E-state index contributed by atoms with van der Waals surface area (Å²) in [6, 6.07) is 1.30. The first-order valence-corrected chi connectivity index (χ1v) is 8.27. The van der Waals surface area contributed by atoms with Crippen LogP contribution in [0.5, 0.6) is 5.75 Å². The molecule has 1 aromatic carbocycles. The molecule has 1 aromatic rings. The predicted molar refractivity (Wildman–Crippen MR) is 91.7 cm³/mol. The third kappa shape index (κ3) is 6.60. The third-order valence-electron chi connectivity index (χ3n) is 2.62. The molecule has 0 amide bonds. The third-order valence-corrected chi connectivity index (χ3v) is 4.15. The van der Waals surface area contributed by atoms with Crippen molar-refractivity contribution in [3.63, 3.8) is 0 Å². The van der Waals surface area contributed by atoms with E-state index >= 15 is 0 Å². The fraction of sp³-hybridized carbons (Fsp3) is 0.333. The lowest BCUT2D eigenvalue weighted by molar-refractivity contribution is -0.138. The topological polar surface area (TPSA) is 52.6 Å². The smallest absolute Gasteiger partial charge is 0.336 e. The standard InChI is InChI=1S/C15H14Cl4O4/c1-2-3-4-7-22-11(20)5-6-12(21)23-15-10(17)8-9(16)13(18)14(15)19/h5-6,8H,2-4,7H2,1H3/b6-5+. The molecule has 0 aliphatic rings. The second-order valence-electron chi connectivity index (χ2n) is 4.43. The second kappa shape index (κ2) is 10.0. The molecule has 126 valence electrons. The van der Waals surface area contributed by atoms with Gasteiger partial charge in [-0.1, -0.05) is 66.2 Å². The van der Waals surface area contributed by atoms with Crippen LogP contribution in [0.1, 0.15) is 26.2 Å². The number of carbonyl (C=O) groups is 2. The molecule has 0 N–H and O–H groups in total. The van der Waals surface area contributed by atoms with Crippen LogP contribution < -0.4 is 4.74 Å². The average Bonchev–Trinajstić information content (AvgIpc) is 2.51. The number of carbonyl (C=O) groups excluding carboxylic acids is 2. The van der Waals surface area contributed by atoms with Gasteiger partial charge >= 0.3 is 11.9 Å². The Morgan fingerprint density at radius 2 is 1.65 bits per heavy atom. The van der Waals surface area contributed by atoms with Gasteiger partial charge in [0.25, 0.3) is 0 Å². The molecule has 0 fully saturated rings. The van der Waals surface area contributed by atoms with Crippen LogP contribution in [0.4, 0.5) is 0 Å². The van der Waals surface area contributed by atoms with Gasteiger partial charge in [0.05, 0.1) is 21.7 Å². The van der Waals surface area contributed by atoms with Gasteiger partial charge in [0, 0.05) is 12.2 Å². The van der Waals surface area contributed by atoms with Crippen molar-refractivity contribution in [2.75, 3.05) is 6.61 Å². The van der Waals surface area contributed by atoms with E-state index in [-0.39, 0.29) is 25.8 Å². The van der Waals surface area contributed by atoms with E-state index in [2.05, 4.69) is 0 Å². The molecule has 1 rings (SSSR count). The van der Waals surface area contributed by atoms with Crippen molar-refractivity contribution in [2.45, 2.75) is 26.2 Å². The van der Waals surface area contributed by atoms with Gasteiger partial charge in [-0.05, 0) is 12.5 Å². The summed E-state index contributed by atoms with van der Waals surface area (Å²) in [6.07, 6.45) is 4.64. The van der Waals surface area contributed by atoms with Crippen LogP contribution in [0.25, 0.3) is 0 Å². The molecule has 0 atom stereocenters. The molecule has 0 spiro atoms. The quantitative estimate of drug-likeness (QED) is 0.152. The minimum atomic E-state index is -0.849. The molecule has 8 heteroatoms. The zero-order chi connectivity index (χ0) is 17.4. The van der Waals surface area contributed by atoms with Crippen LogP contribution in [0, 0.1) is 0 Å². The summed E-state index contributed by atoms with van der Waals surface area (Å²) in [7, 11) is 0. The van der Waals surface area contributed by atoms with E-state index in [1.54, 1.807) is 0 Å². The molecular formula is C15H14Cl4O4. The summed E-state index contributed by atoms with van der Waals surface area (Å²) < 4.78 is 9.87. The minimum absolute atomic E-state index is 0.0137. The Bertz CT molecular complexity index is 614. The highest BCUT2D eigenvalue weighted by atomic mass is 35.5. The Hall–Kier alpha value is -0.940. The lowest BCUT2D eigenvalue weighted by Gasteiger charge is -2.09. The SMILES string of the molecule is CCCCCOC(=O)/C=C/C(=O)Oc1c(Cl)cc(Cl)c(Cl)c1Cl. The van der Waals surface area contributed by atoms with Crippen LogP contribution >= 0.6 is 46.4 Å².